The zero-order valence-corrected chi connectivity index (χ0v) is 30.5. The maximum absolute atomic E-state index is 13.3. The van der Waals surface area contributed by atoms with Gasteiger partial charge in [0.1, 0.15) is 5.82 Å². The normalized spacial score (nSPS) is 14.1. The molecule has 3 aromatic carbocycles. The number of hydrogen-bond acceptors (Lipinski definition) is 6. The monoisotopic (exact) mass is 716 g/mol. The van der Waals surface area contributed by atoms with Crippen LogP contribution in [0.3, 0.4) is 0 Å². The molecule has 10 heteroatoms. The van der Waals surface area contributed by atoms with Crippen molar-refractivity contribution in [1.82, 2.24) is 14.9 Å². The molecule has 276 valence electrons. The molecule has 0 spiro atoms. The summed E-state index contributed by atoms with van der Waals surface area (Å²) in [6, 6.07) is 23.0. The summed E-state index contributed by atoms with van der Waals surface area (Å²) in [5.74, 6) is -1.38. The molecule has 4 aromatic rings. The molecular weight excluding hydrogens is 668 g/mol. The number of benzene rings is 3. The number of rotatable bonds is 19. The van der Waals surface area contributed by atoms with Crippen molar-refractivity contribution < 1.29 is 29.4 Å². The van der Waals surface area contributed by atoms with Gasteiger partial charge in [0.2, 0.25) is 12.0 Å². The summed E-state index contributed by atoms with van der Waals surface area (Å²) in [4.78, 5) is 51.1. The van der Waals surface area contributed by atoms with Crippen molar-refractivity contribution in [2.75, 3.05) is 13.1 Å². The first kappa shape index (κ1) is 38.5. The summed E-state index contributed by atoms with van der Waals surface area (Å²) < 4.78 is 0. The van der Waals surface area contributed by atoms with Crippen LogP contribution in [0.15, 0.2) is 90.1 Å². The van der Waals surface area contributed by atoms with Gasteiger partial charge >= 0.3 is 11.9 Å². The van der Waals surface area contributed by atoms with Gasteiger partial charge in [-0.05, 0) is 41.7 Å². The number of carboxylic acid groups (broad SMARTS) is 2. The number of nitrogens with one attached hydrogen (secondary N) is 1. The van der Waals surface area contributed by atoms with Crippen molar-refractivity contribution in [2.24, 2.45) is 5.16 Å². The van der Waals surface area contributed by atoms with Crippen LogP contribution in [0.5, 0.6) is 0 Å². The topological polar surface area (TPSA) is 145 Å². The number of carbonyl (C=O) groups excluding carboxylic acids is 1. The van der Waals surface area contributed by atoms with Crippen LogP contribution in [0.2, 0.25) is 0 Å². The van der Waals surface area contributed by atoms with E-state index in [0.29, 0.717) is 11.5 Å². The first-order chi connectivity index (χ1) is 25.7. The zero-order valence-electron chi connectivity index (χ0n) is 30.5. The molecule has 1 aliphatic rings. The Morgan fingerprint density at radius 3 is 1.83 bits per heavy atom. The molecular formula is C43H48N4O6. The van der Waals surface area contributed by atoms with Gasteiger partial charge in [0.05, 0.1) is 17.1 Å². The van der Waals surface area contributed by atoms with Gasteiger partial charge in [0.25, 0.3) is 0 Å². The van der Waals surface area contributed by atoms with Crippen molar-refractivity contribution in [1.29, 1.82) is 0 Å². The summed E-state index contributed by atoms with van der Waals surface area (Å²) in [6.45, 7) is 5.95. The highest BCUT2D eigenvalue weighted by Crippen LogP contribution is 2.34. The lowest BCUT2D eigenvalue weighted by molar-refractivity contribution is -0.148. The number of nitrogens with zero attached hydrogens (tertiary/aromatic N) is 3. The summed E-state index contributed by atoms with van der Waals surface area (Å²) >= 11 is 0. The third-order valence-corrected chi connectivity index (χ3v) is 9.23. The molecule has 10 nitrogen and oxygen atoms in total. The van der Waals surface area contributed by atoms with Gasteiger partial charge in [0.15, 0.2) is 0 Å². The first-order valence-corrected chi connectivity index (χ1v) is 18.5. The van der Waals surface area contributed by atoms with Gasteiger partial charge in [-0.3, -0.25) is 4.79 Å². The van der Waals surface area contributed by atoms with Gasteiger partial charge in [-0.1, -0.05) is 130 Å². The maximum atomic E-state index is 13.3. The highest BCUT2D eigenvalue weighted by atomic mass is 16.7. The molecule has 0 saturated carbocycles. The average molecular weight is 717 g/mol. The lowest BCUT2D eigenvalue weighted by atomic mass is 10.0. The van der Waals surface area contributed by atoms with E-state index < -0.39 is 18.0 Å². The number of carbonyl (C=O) groups is 3. The fourth-order valence-corrected chi connectivity index (χ4v) is 6.17. The molecule has 1 aliphatic heterocycles. The van der Waals surface area contributed by atoms with Crippen LogP contribution >= 0.6 is 0 Å². The minimum atomic E-state index is -1.05. The van der Waals surface area contributed by atoms with E-state index in [2.05, 4.69) is 24.0 Å². The second-order valence-electron chi connectivity index (χ2n) is 13.3. The number of amides is 1. The van der Waals surface area contributed by atoms with Crippen molar-refractivity contribution in [3.05, 3.63) is 102 Å². The molecule has 0 bridgehead atoms. The average Bonchev–Trinajstić information content (AvgIpc) is 3.85. The molecule has 2 heterocycles. The largest absolute Gasteiger partial charge is 0.478 e. The number of H-pyrrole nitrogens is 1. The van der Waals surface area contributed by atoms with Gasteiger partial charge in [0, 0.05) is 48.4 Å². The Kier molecular flexibility index (Phi) is 13.9. The second-order valence-corrected chi connectivity index (χ2v) is 13.3. The predicted molar refractivity (Wildman–Crippen MR) is 209 cm³/mol. The Labute approximate surface area is 310 Å². The molecule has 1 unspecified atom stereocenters. The minimum Gasteiger partial charge on any atom is -0.478 e. The summed E-state index contributed by atoms with van der Waals surface area (Å²) in [6.07, 6.45) is 14.4. The molecule has 1 amide bonds. The number of carboxylic acids is 2. The molecule has 1 atom stereocenters. The van der Waals surface area contributed by atoms with Crippen LogP contribution in [0, 0.1) is 0 Å². The van der Waals surface area contributed by atoms with E-state index in [1.807, 2.05) is 83.8 Å². The second kappa shape index (κ2) is 19.2. The van der Waals surface area contributed by atoms with Crippen LogP contribution in [0.4, 0.5) is 0 Å². The fourth-order valence-electron chi connectivity index (χ4n) is 6.17. The Balaban J connectivity index is 1.38. The number of aromatic nitrogens is 2. The smallest absolute Gasteiger partial charge is 0.348 e. The third-order valence-electron chi connectivity index (χ3n) is 9.23. The molecule has 0 radical (unpaired) electrons. The van der Waals surface area contributed by atoms with E-state index >= 15 is 0 Å². The quantitative estimate of drug-likeness (QED) is 0.0648. The highest BCUT2D eigenvalue weighted by Gasteiger charge is 2.28. The van der Waals surface area contributed by atoms with Crippen molar-refractivity contribution in [2.45, 2.75) is 77.7 Å². The van der Waals surface area contributed by atoms with Crippen molar-refractivity contribution in [3.8, 4) is 33.9 Å². The molecule has 53 heavy (non-hydrogen) atoms. The summed E-state index contributed by atoms with van der Waals surface area (Å²) in [5.41, 5.74) is 7.09. The van der Waals surface area contributed by atoms with Crippen molar-refractivity contribution >= 4 is 35.7 Å². The van der Waals surface area contributed by atoms with Gasteiger partial charge in [-0.2, -0.15) is 0 Å². The Morgan fingerprint density at radius 1 is 0.736 bits per heavy atom. The third kappa shape index (κ3) is 10.9. The standard InChI is InChI=1S/C43H48N4O6/c1-3-5-7-9-27-47(28-10-8-6-4-2)38(48)25-15-30-11-17-33(18-12-30)40-41(34-19-13-31(14-20-34)16-26-39(49)50)45-42(44-40)35-23-21-32(22-24-35)36-29-37(43(51)52)53-46-36/h11-26,37H,3-10,27-29H2,1-2H3,(H,44,45)(H,49,50)(H,51,52)/b25-15?,26-16+. The molecule has 3 N–H and O–H groups in total. The van der Waals surface area contributed by atoms with E-state index in [4.69, 9.17) is 14.9 Å². The van der Waals surface area contributed by atoms with E-state index in [1.54, 1.807) is 12.2 Å². The Morgan fingerprint density at radius 2 is 1.28 bits per heavy atom. The number of unbranched alkanes of at least 4 members (excludes halogenated alkanes) is 6. The zero-order chi connectivity index (χ0) is 37.6. The molecule has 1 aromatic heterocycles. The molecule has 5 rings (SSSR count). The SMILES string of the molecule is CCCCCCN(CCCCCC)C(=O)C=Cc1ccc(-c2nc(-c3ccc(C4=NOC(C(=O)O)C4)cc3)[nH]c2-c2ccc(/C=C/C(=O)O)cc2)cc1. The fraction of sp³-hybridized carbons (Fsp3) is 0.326. The van der Waals surface area contributed by atoms with Crippen LogP contribution in [-0.2, 0) is 19.2 Å². The number of oxime groups is 1. The number of imidazole rings is 1. The van der Waals surface area contributed by atoms with E-state index in [1.165, 1.54) is 12.8 Å². The number of hydrogen-bond donors (Lipinski definition) is 3. The van der Waals surface area contributed by atoms with Gasteiger partial charge in [-0.25, -0.2) is 14.6 Å². The van der Waals surface area contributed by atoms with Crippen LogP contribution in [0.1, 0.15) is 88.3 Å². The first-order valence-electron chi connectivity index (χ1n) is 18.5. The van der Waals surface area contributed by atoms with E-state index in [9.17, 15) is 19.5 Å². The number of aromatic amines is 1. The molecule has 0 aliphatic carbocycles. The van der Waals surface area contributed by atoms with Gasteiger partial charge in [-0.15, -0.1) is 0 Å². The molecule has 0 fully saturated rings. The van der Waals surface area contributed by atoms with Crippen LogP contribution < -0.4 is 0 Å². The maximum Gasteiger partial charge on any atom is 0.348 e. The lowest BCUT2D eigenvalue weighted by Crippen LogP contribution is -2.31. The lowest BCUT2D eigenvalue weighted by Gasteiger charge is -2.21. The van der Waals surface area contributed by atoms with Crippen LogP contribution in [0.25, 0.3) is 46.1 Å². The van der Waals surface area contributed by atoms with E-state index in [-0.39, 0.29) is 12.3 Å². The summed E-state index contributed by atoms with van der Waals surface area (Å²) in [7, 11) is 0. The van der Waals surface area contributed by atoms with Crippen LogP contribution in [-0.4, -0.2) is 67.8 Å². The molecule has 0 saturated heterocycles. The Bertz CT molecular complexity index is 1910. The number of aliphatic carboxylic acids is 2. The highest BCUT2D eigenvalue weighted by molar-refractivity contribution is 6.03. The van der Waals surface area contributed by atoms with Gasteiger partial charge < -0.3 is 24.9 Å². The predicted octanol–water partition coefficient (Wildman–Crippen LogP) is 9.09. The van der Waals surface area contributed by atoms with Crippen molar-refractivity contribution in [3.63, 3.8) is 0 Å². The summed E-state index contributed by atoms with van der Waals surface area (Å²) in [5, 5.41) is 22.3. The Hall–Kier alpha value is -5.77. The minimum absolute atomic E-state index is 0.0446. The van der Waals surface area contributed by atoms with E-state index in [0.717, 1.165) is 102 Å².